The van der Waals surface area contributed by atoms with Crippen molar-refractivity contribution in [3.05, 3.63) is 77.3 Å². The maximum Gasteiger partial charge on any atom is 0.146 e. The number of rotatable bonds is 8. The molecule has 2 N–H and O–H groups in total. The summed E-state index contributed by atoms with van der Waals surface area (Å²) < 4.78 is 13.5. The molecule has 8 heteroatoms. The van der Waals surface area contributed by atoms with Gasteiger partial charge in [0.1, 0.15) is 36.1 Å². The standard InChI is InChI=1S/C24H28ClN3O4/c1-27-12-10-26-23(27)15-31-20-7-5-18(6-8-20)14-28-11-9-22(29)24(30,16-28)17-32-21-4-2-3-19(25)13-21/h2-8,10,12-13,22,29-30H,9,11,14-17H2,1H3/t22-,24-/m0/s1. The molecule has 1 saturated heterocycles. The van der Waals surface area contributed by atoms with E-state index in [-0.39, 0.29) is 6.61 Å². The van der Waals surface area contributed by atoms with Gasteiger partial charge in [-0.1, -0.05) is 29.8 Å². The maximum absolute atomic E-state index is 11.1. The molecule has 32 heavy (non-hydrogen) atoms. The second kappa shape index (κ2) is 9.92. The number of aromatic nitrogens is 2. The summed E-state index contributed by atoms with van der Waals surface area (Å²) in [6.45, 7) is 2.06. The number of hydrogen-bond acceptors (Lipinski definition) is 6. The van der Waals surface area contributed by atoms with Gasteiger partial charge in [-0.15, -0.1) is 0 Å². The molecular formula is C24H28ClN3O4. The van der Waals surface area contributed by atoms with Gasteiger partial charge < -0.3 is 24.3 Å². The lowest BCUT2D eigenvalue weighted by Crippen LogP contribution is -2.59. The van der Waals surface area contributed by atoms with E-state index in [0.717, 1.165) is 17.1 Å². The molecule has 0 bridgehead atoms. The molecule has 1 aliphatic rings. The first-order valence-corrected chi connectivity index (χ1v) is 11.0. The first kappa shape index (κ1) is 22.6. The summed E-state index contributed by atoms with van der Waals surface area (Å²) in [7, 11) is 1.94. The van der Waals surface area contributed by atoms with E-state index in [0.29, 0.717) is 43.4 Å². The Labute approximate surface area is 192 Å². The lowest BCUT2D eigenvalue weighted by molar-refractivity contribution is -0.140. The number of aliphatic hydroxyl groups is 2. The van der Waals surface area contributed by atoms with Crippen molar-refractivity contribution in [1.29, 1.82) is 0 Å². The number of benzene rings is 2. The average Bonchev–Trinajstić information content (AvgIpc) is 3.19. The topological polar surface area (TPSA) is 80.0 Å². The molecular weight excluding hydrogens is 430 g/mol. The van der Waals surface area contributed by atoms with E-state index in [1.165, 1.54) is 0 Å². The third-order valence-electron chi connectivity index (χ3n) is 5.74. The highest BCUT2D eigenvalue weighted by Crippen LogP contribution is 2.26. The lowest BCUT2D eigenvalue weighted by Gasteiger charge is -2.42. The van der Waals surface area contributed by atoms with Crippen molar-refractivity contribution in [3.63, 3.8) is 0 Å². The monoisotopic (exact) mass is 457 g/mol. The van der Waals surface area contributed by atoms with Crippen LogP contribution < -0.4 is 9.47 Å². The van der Waals surface area contributed by atoms with Gasteiger partial charge in [-0.3, -0.25) is 4.90 Å². The number of aliphatic hydroxyl groups excluding tert-OH is 1. The molecule has 4 rings (SSSR count). The van der Waals surface area contributed by atoms with E-state index < -0.39 is 11.7 Å². The van der Waals surface area contributed by atoms with Gasteiger partial charge in [-0.2, -0.15) is 0 Å². The van der Waals surface area contributed by atoms with E-state index in [4.69, 9.17) is 21.1 Å². The van der Waals surface area contributed by atoms with Crippen LogP contribution in [0.2, 0.25) is 5.02 Å². The normalized spacial score (nSPS) is 21.4. The van der Waals surface area contributed by atoms with Crippen molar-refractivity contribution in [2.45, 2.75) is 31.3 Å². The Balaban J connectivity index is 1.32. The highest BCUT2D eigenvalue weighted by molar-refractivity contribution is 6.30. The third kappa shape index (κ3) is 5.61. The minimum Gasteiger partial charge on any atom is -0.490 e. The molecule has 1 aromatic heterocycles. The molecule has 7 nitrogen and oxygen atoms in total. The number of β-amino-alcohol motifs (C(OH)–C–C–N with tert-alkyl or cyclic N) is 1. The van der Waals surface area contributed by atoms with Crippen LogP contribution in [0.1, 0.15) is 17.8 Å². The SMILES string of the molecule is Cn1ccnc1COc1ccc(CN2CC[C@H](O)[C@@](O)(COc3cccc(Cl)c3)C2)cc1. The summed E-state index contributed by atoms with van der Waals surface area (Å²) in [4.78, 5) is 6.38. The molecule has 0 aliphatic carbocycles. The number of imidazole rings is 1. The van der Waals surface area contributed by atoms with Gasteiger partial charge in [-0.05, 0) is 42.3 Å². The largest absolute Gasteiger partial charge is 0.490 e. The van der Waals surface area contributed by atoms with Gasteiger partial charge in [-0.25, -0.2) is 4.98 Å². The molecule has 2 aromatic carbocycles. The first-order valence-electron chi connectivity index (χ1n) is 10.6. The van der Waals surface area contributed by atoms with Gasteiger partial charge in [0.25, 0.3) is 0 Å². The van der Waals surface area contributed by atoms with E-state index in [1.54, 1.807) is 30.5 Å². The Morgan fingerprint density at radius 3 is 2.69 bits per heavy atom. The minimum atomic E-state index is -1.36. The highest BCUT2D eigenvalue weighted by Gasteiger charge is 2.42. The average molecular weight is 458 g/mol. The Morgan fingerprint density at radius 2 is 1.97 bits per heavy atom. The Kier molecular flexibility index (Phi) is 7.01. The number of likely N-dealkylation sites (tertiary alicyclic amines) is 1. The van der Waals surface area contributed by atoms with E-state index >= 15 is 0 Å². The van der Waals surface area contributed by atoms with Gasteiger partial charge >= 0.3 is 0 Å². The van der Waals surface area contributed by atoms with Gasteiger partial charge in [0.05, 0.1) is 6.10 Å². The number of ether oxygens (including phenoxy) is 2. The molecule has 0 radical (unpaired) electrons. The second-order valence-electron chi connectivity index (χ2n) is 8.25. The summed E-state index contributed by atoms with van der Waals surface area (Å²) in [5.74, 6) is 2.20. The molecule has 0 spiro atoms. The molecule has 2 atom stereocenters. The van der Waals surface area contributed by atoms with Crippen molar-refractivity contribution in [2.75, 3.05) is 19.7 Å². The predicted octanol–water partition coefficient (Wildman–Crippen LogP) is 3.03. The van der Waals surface area contributed by atoms with Crippen LogP contribution in [0.4, 0.5) is 0 Å². The van der Waals surface area contributed by atoms with Crippen LogP contribution in [0.3, 0.4) is 0 Å². The quantitative estimate of drug-likeness (QED) is 0.541. The fraction of sp³-hybridized carbons (Fsp3) is 0.375. The van der Waals surface area contributed by atoms with E-state index in [2.05, 4.69) is 9.88 Å². The summed E-state index contributed by atoms with van der Waals surface area (Å²) in [6, 6.07) is 14.9. The smallest absolute Gasteiger partial charge is 0.146 e. The number of piperidine rings is 1. The number of halogens is 1. The van der Waals surface area contributed by atoms with Crippen LogP contribution in [0.25, 0.3) is 0 Å². The summed E-state index contributed by atoms with van der Waals surface area (Å²) in [5.41, 5.74) is -0.255. The molecule has 170 valence electrons. The van der Waals surface area contributed by atoms with Crippen LogP contribution in [-0.4, -0.2) is 56.1 Å². The van der Waals surface area contributed by atoms with Crippen molar-refractivity contribution in [3.8, 4) is 11.5 Å². The molecule has 0 unspecified atom stereocenters. The summed E-state index contributed by atoms with van der Waals surface area (Å²) >= 11 is 5.99. The van der Waals surface area contributed by atoms with Crippen LogP contribution in [-0.2, 0) is 20.2 Å². The van der Waals surface area contributed by atoms with Crippen molar-refractivity contribution < 1.29 is 19.7 Å². The highest BCUT2D eigenvalue weighted by atomic mass is 35.5. The molecule has 1 fully saturated rings. The van der Waals surface area contributed by atoms with Gasteiger partial charge in [0.15, 0.2) is 0 Å². The predicted molar refractivity (Wildman–Crippen MR) is 122 cm³/mol. The first-order chi connectivity index (χ1) is 15.4. The molecule has 2 heterocycles. The fourth-order valence-corrected chi connectivity index (χ4v) is 4.00. The van der Waals surface area contributed by atoms with Crippen molar-refractivity contribution in [2.24, 2.45) is 7.05 Å². The Morgan fingerprint density at radius 1 is 1.16 bits per heavy atom. The number of aryl methyl sites for hydroxylation is 1. The van der Waals surface area contributed by atoms with Gasteiger partial charge in [0.2, 0.25) is 0 Å². The molecule has 0 saturated carbocycles. The summed E-state index contributed by atoms with van der Waals surface area (Å²) in [6.07, 6.45) is 3.26. The molecule has 0 amide bonds. The number of hydrogen-bond donors (Lipinski definition) is 2. The fourth-order valence-electron chi connectivity index (χ4n) is 3.82. The van der Waals surface area contributed by atoms with Crippen LogP contribution >= 0.6 is 11.6 Å². The van der Waals surface area contributed by atoms with E-state index in [1.807, 2.05) is 42.1 Å². The van der Waals surface area contributed by atoms with Crippen molar-refractivity contribution >= 4 is 11.6 Å². The second-order valence-corrected chi connectivity index (χ2v) is 8.69. The van der Waals surface area contributed by atoms with Crippen molar-refractivity contribution in [1.82, 2.24) is 14.5 Å². The van der Waals surface area contributed by atoms with Gasteiger partial charge in [0, 0.05) is 44.1 Å². The zero-order chi connectivity index (χ0) is 22.6. The molecule has 1 aliphatic heterocycles. The maximum atomic E-state index is 11.1. The summed E-state index contributed by atoms with van der Waals surface area (Å²) in [5, 5.41) is 22.1. The van der Waals surface area contributed by atoms with E-state index in [9.17, 15) is 10.2 Å². The zero-order valence-electron chi connectivity index (χ0n) is 18.0. The van der Waals surface area contributed by atoms with Crippen LogP contribution in [0, 0.1) is 0 Å². The minimum absolute atomic E-state index is 0.00895. The zero-order valence-corrected chi connectivity index (χ0v) is 18.8. The lowest BCUT2D eigenvalue weighted by atomic mass is 9.90. The third-order valence-corrected chi connectivity index (χ3v) is 5.97. The number of nitrogens with zero attached hydrogens (tertiary/aromatic N) is 3. The molecule has 3 aromatic rings. The Bertz CT molecular complexity index is 1030. The van der Waals surface area contributed by atoms with Crippen LogP contribution in [0.15, 0.2) is 60.9 Å². The van der Waals surface area contributed by atoms with Crippen LogP contribution in [0.5, 0.6) is 11.5 Å². The Hall–Kier alpha value is -2.58.